The van der Waals surface area contributed by atoms with Crippen molar-refractivity contribution in [3.8, 4) is 0 Å². The molecule has 0 aliphatic carbocycles. The summed E-state index contributed by atoms with van der Waals surface area (Å²) in [7, 11) is 0. The van der Waals surface area contributed by atoms with E-state index in [1.165, 1.54) is 19.1 Å². The number of benzene rings is 2. The highest BCUT2D eigenvalue weighted by atomic mass is 35.5. The molecule has 2 rings (SSSR count). The third kappa shape index (κ3) is 4.99. The Labute approximate surface area is 163 Å². The van der Waals surface area contributed by atoms with Gasteiger partial charge in [0.25, 0.3) is 5.91 Å². The Kier molecular flexibility index (Phi) is 7.06. The zero-order valence-electron chi connectivity index (χ0n) is 14.9. The molecule has 1 N–H and O–H groups in total. The van der Waals surface area contributed by atoms with Crippen LogP contribution in [-0.2, 0) is 9.53 Å². The molecule has 0 spiro atoms. The van der Waals surface area contributed by atoms with E-state index in [-0.39, 0.29) is 10.6 Å². The molecular formula is C20H21Cl2NO3. The number of para-hydroxylation sites is 1. The molecular weight excluding hydrogens is 373 g/mol. The molecule has 138 valence electrons. The molecule has 26 heavy (non-hydrogen) atoms. The Morgan fingerprint density at radius 1 is 1.12 bits per heavy atom. The molecule has 0 aliphatic heterocycles. The molecule has 4 nitrogen and oxygen atoms in total. The van der Waals surface area contributed by atoms with Gasteiger partial charge in [0.1, 0.15) is 0 Å². The lowest BCUT2D eigenvalue weighted by Crippen LogP contribution is -2.30. The first-order valence-electron chi connectivity index (χ1n) is 8.39. The van der Waals surface area contributed by atoms with Crippen LogP contribution in [-0.4, -0.2) is 18.0 Å². The molecule has 0 aliphatic rings. The van der Waals surface area contributed by atoms with E-state index < -0.39 is 18.0 Å². The molecule has 1 amide bonds. The minimum absolute atomic E-state index is 0.124. The summed E-state index contributed by atoms with van der Waals surface area (Å²) in [5, 5.41) is 3.41. The van der Waals surface area contributed by atoms with Gasteiger partial charge in [-0.1, -0.05) is 55.2 Å². The minimum Gasteiger partial charge on any atom is -0.449 e. The van der Waals surface area contributed by atoms with Gasteiger partial charge < -0.3 is 10.1 Å². The molecule has 0 unspecified atom stereocenters. The van der Waals surface area contributed by atoms with Crippen molar-refractivity contribution in [1.29, 1.82) is 0 Å². The molecule has 0 bridgehead atoms. The Morgan fingerprint density at radius 2 is 1.81 bits per heavy atom. The van der Waals surface area contributed by atoms with E-state index >= 15 is 0 Å². The SMILES string of the molecule is CC[C@H](C)c1ccccc1NC(=O)[C@@H](C)OC(=O)c1cc(Cl)ccc1Cl. The number of ether oxygens (including phenoxy) is 1. The molecule has 0 saturated heterocycles. The summed E-state index contributed by atoms with van der Waals surface area (Å²) in [6.07, 6.45) is -0.0347. The zero-order chi connectivity index (χ0) is 19.3. The van der Waals surface area contributed by atoms with Gasteiger partial charge in [-0.15, -0.1) is 0 Å². The van der Waals surface area contributed by atoms with Gasteiger partial charge in [0.2, 0.25) is 0 Å². The van der Waals surface area contributed by atoms with Crippen LogP contribution in [0.3, 0.4) is 0 Å². The van der Waals surface area contributed by atoms with Crippen molar-refractivity contribution in [2.75, 3.05) is 5.32 Å². The lowest BCUT2D eigenvalue weighted by atomic mass is 9.97. The first-order valence-corrected chi connectivity index (χ1v) is 9.14. The predicted molar refractivity (Wildman–Crippen MR) is 105 cm³/mol. The lowest BCUT2D eigenvalue weighted by molar-refractivity contribution is -0.123. The van der Waals surface area contributed by atoms with Gasteiger partial charge in [0.05, 0.1) is 10.6 Å². The molecule has 2 aromatic carbocycles. The molecule has 0 fully saturated rings. The number of rotatable bonds is 6. The molecule has 2 atom stereocenters. The number of nitrogens with one attached hydrogen (secondary N) is 1. The van der Waals surface area contributed by atoms with Gasteiger partial charge in [-0.2, -0.15) is 0 Å². The number of esters is 1. The molecule has 0 heterocycles. The largest absolute Gasteiger partial charge is 0.449 e. The standard InChI is InChI=1S/C20H21Cl2NO3/c1-4-12(2)15-7-5-6-8-18(15)23-19(24)13(3)26-20(25)16-11-14(21)9-10-17(16)22/h5-13H,4H2,1-3H3,(H,23,24)/t12-,13+/m0/s1. The summed E-state index contributed by atoms with van der Waals surface area (Å²) in [6, 6.07) is 12.1. The summed E-state index contributed by atoms with van der Waals surface area (Å²) < 4.78 is 5.24. The van der Waals surface area contributed by atoms with E-state index in [2.05, 4.69) is 19.2 Å². The minimum atomic E-state index is -0.984. The fraction of sp³-hybridized carbons (Fsp3) is 0.300. The van der Waals surface area contributed by atoms with E-state index in [0.717, 1.165) is 17.7 Å². The maximum absolute atomic E-state index is 12.4. The molecule has 0 aromatic heterocycles. The maximum Gasteiger partial charge on any atom is 0.340 e. The maximum atomic E-state index is 12.4. The van der Waals surface area contributed by atoms with Crippen LogP contribution < -0.4 is 5.32 Å². The number of carbonyl (C=O) groups excluding carboxylic acids is 2. The number of hydrogen-bond donors (Lipinski definition) is 1. The fourth-order valence-electron chi connectivity index (χ4n) is 2.43. The second-order valence-electron chi connectivity index (χ2n) is 6.06. The number of hydrogen-bond acceptors (Lipinski definition) is 3. The van der Waals surface area contributed by atoms with Crippen LogP contribution in [0.1, 0.15) is 49.0 Å². The number of anilines is 1. The van der Waals surface area contributed by atoms with Gasteiger partial charge >= 0.3 is 5.97 Å². The summed E-state index contributed by atoms with van der Waals surface area (Å²) in [6.45, 7) is 5.69. The average Bonchev–Trinajstić information content (AvgIpc) is 2.63. The van der Waals surface area contributed by atoms with Gasteiger partial charge in [0, 0.05) is 10.7 Å². The Hall–Kier alpha value is -2.04. The fourth-order valence-corrected chi connectivity index (χ4v) is 2.79. The smallest absolute Gasteiger partial charge is 0.340 e. The van der Waals surface area contributed by atoms with E-state index in [1.807, 2.05) is 24.3 Å². The van der Waals surface area contributed by atoms with Gasteiger partial charge in [-0.05, 0) is 49.1 Å². The predicted octanol–water partition coefficient (Wildman–Crippen LogP) is 5.69. The lowest BCUT2D eigenvalue weighted by Gasteiger charge is -2.18. The van der Waals surface area contributed by atoms with E-state index in [4.69, 9.17) is 27.9 Å². The zero-order valence-corrected chi connectivity index (χ0v) is 16.4. The van der Waals surface area contributed by atoms with Gasteiger partial charge in [0.15, 0.2) is 6.10 Å². The normalized spacial score (nSPS) is 13.0. The first-order chi connectivity index (χ1) is 12.3. The molecule has 6 heteroatoms. The first kappa shape index (κ1) is 20.3. The summed E-state index contributed by atoms with van der Waals surface area (Å²) in [5.74, 6) is -0.808. The molecule has 0 saturated carbocycles. The van der Waals surface area contributed by atoms with Crippen LogP contribution in [0.2, 0.25) is 10.0 Å². The van der Waals surface area contributed by atoms with Crippen LogP contribution >= 0.6 is 23.2 Å². The molecule has 2 aromatic rings. The van der Waals surface area contributed by atoms with Crippen molar-refractivity contribution in [2.24, 2.45) is 0 Å². The topological polar surface area (TPSA) is 55.4 Å². The Bertz CT molecular complexity index is 807. The second-order valence-corrected chi connectivity index (χ2v) is 6.90. The van der Waals surface area contributed by atoms with Gasteiger partial charge in [-0.25, -0.2) is 4.79 Å². The van der Waals surface area contributed by atoms with Gasteiger partial charge in [-0.3, -0.25) is 4.79 Å². The summed E-state index contributed by atoms with van der Waals surface area (Å²) in [5.41, 5.74) is 1.88. The summed E-state index contributed by atoms with van der Waals surface area (Å²) >= 11 is 11.9. The second kappa shape index (κ2) is 9.06. The monoisotopic (exact) mass is 393 g/mol. The van der Waals surface area contributed by atoms with Crippen LogP contribution in [0, 0.1) is 0 Å². The molecule has 0 radical (unpaired) electrons. The third-order valence-corrected chi connectivity index (χ3v) is 4.73. The van der Waals surface area contributed by atoms with Crippen molar-refractivity contribution in [1.82, 2.24) is 0 Å². The Morgan fingerprint density at radius 3 is 2.50 bits per heavy atom. The van der Waals surface area contributed by atoms with Crippen LogP contribution in [0.25, 0.3) is 0 Å². The van der Waals surface area contributed by atoms with Crippen molar-refractivity contribution >= 4 is 40.8 Å². The van der Waals surface area contributed by atoms with Crippen LogP contribution in [0.5, 0.6) is 0 Å². The highest BCUT2D eigenvalue weighted by Crippen LogP contribution is 2.27. The van der Waals surface area contributed by atoms with Crippen LogP contribution in [0.15, 0.2) is 42.5 Å². The Balaban J connectivity index is 2.09. The summed E-state index contributed by atoms with van der Waals surface area (Å²) in [4.78, 5) is 24.7. The number of carbonyl (C=O) groups is 2. The van der Waals surface area contributed by atoms with E-state index in [0.29, 0.717) is 10.9 Å². The van der Waals surface area contributed by atoms with Crippen molar-refractivity contribution in [3.05, 3.63) is 63.6 Å². The third-order valence-electron chi connectivity index (χ3n) is 4.16. The van der Waals surface area contributed by atoms with Crippen molar-refractivity contribution < 1.29 is 14.3 Å². The quantitative estimate of drug-likeness (QED) is 0.641. The van der Waals surface area contributed by atoms with E-state index in [1.54, 1.807) is 6.07 Å². The highest BCUT2D eigenvalue weighted by Gasteiger charge is 2.22. The van der Waals surface area contributed by atoms with Crippen molar-refractivity contribution in [3.63, 3.8) is 0 Å². The average molecular weight is 394 g/mol. The number of amides is 1. The van der Waals surface area contributed by atoms with Crippen LogP contribution in [0.4, 0.5) is 5.69 Å². The van der Waals surface area contributed by atoms with E-state index in [9.17, 15) is 9.59 Å². The highest BCUT2D eigenvalue weighted by molar-refractivity contribution is 6.35. The van der Waals surface area contributed by atoms with Crippen molar-refractivity contribution in [2.45, 2.75) is 39.2 Å². The number of halogens is 2.